The predicted octanol–water partition coefficient (Wildman–Crippen LogP) is 0.344. The smallest absolute Gasteiger partial charge is 0.205 e. The zero-order valence-corrected chi connectivity index (χ0v) is 20.1. The largest absolute Gasteiger partial charge is 0.476 e. The Balaban J connectivity index is 1.26. The summed E-state index contributed by atoms with van der Waals surface area (Å²) in [4.78, 5) is 11.4. The highest BCUT2D eigenvalue weighted by Crippen LogP contribution is 2.39. The Morgan fingerprint density at radius 3 is 2.80 bits per heavy atom. The Hall–Kier alpha value is -3.27. The van der Waals surface area contributed by atoms with Gasteiger partial charge in [0, 0.05) is 13.1 Å². The Morgan fingerprint density at radius 1 is 1.14 bits per heavy atom. The van der Waals surface area contributed by atoms with Crippen LogP contribution in [0.1, 0.15) is 19.5 Å². The number of nitrogens with one attached hydrogen (secondary N) is 2. The van der Waals surface area contributed by atoms with Gasteiger partial charge >= 0.3 is 0 Å². The first-order valence-electron chi connectivity index (χ1n) is 11.9. The molecule has 2 saturated heterocycles. The first kappa shape index (κ1) is 21.0. The highest BCUT2D eigenvalue weighted by Gasteiger charge is 2.43. The van der Waals surface area contributed by atoms with Crippen LogP contribution in [-0.2, 0) is 16.0 Å². The van der Waals surface area contributed by atoms with E-state index >= 15 is 0 Å². The number of imidazole rings is 1. The Bertz CT molecular complexity index is 1460. The number of hydrogen-bond acceptors (Lipinski definition) is 8. The monoisotopic (exact) mass is 492 g/mol. The molecule has 35 heavy (non-hydrogen) atoms. The molecular weight excluding hydrogens is 468 g/mol. The number of aliphatic imine (C=N–C) groups is 1. The van der Waals surface area contributed by atoms with Crippen molar-refractivity contribution in [3.05, 3.63) is 68.3 Å². The minimum absolute atomic E-state index is 0.244. The van der Waals surface area contributed by atoms with Crippen molar-refractivity contribution < 1.29 is 14.6 Å². The standard InChI is InChI=1S/C25H25ClN6O3/c1-4-31-11(3)27-12-6-14-20(9-17(12)31)35-24-16(28-14)8-21-23(22(24)26)29-15-7-13-18(10-19(15)34-21)32(5-2)25(33)30-13/h6-10,15,19-21,25,28,30,33H,3-5H2,1-2H3/t15?,19?,20?,21?,25-/m0/s1. The van der Waals surface area contributed by atoms with Gasteiger partial charge in [-0.3, -0.25) is 4.99 Å². The van der Waals surface area contributed by atoms with Gasteiger partial charge in [0.25, 0.3) is 0 Å². The van der Waals surface area contributed by atoms with E-state index in [2.05, 4.69) is 33.7 Å². The second-order valence-electron chi connectivity index (χ2n) is 9.16. The number of rotatable bonds is 2. The molecule has 7 rings (SSSR count). The van der Waals surface area contributed by atoms with Crippen LogP contribution in [0.2, 0.25) is 0 Å². The third-order valence-electron chi connectivity index (χ3n) is 7.21. The fraction of sp³-hybridized carbons (Fsp3) is 0.360. The van der Waals surface area contributed by atoms with Crippen LogP contribution >= 0.6 is 11.6 Å². The summed E-state index contributed by atoms with van der Waals surface area (Å²) in [5, 5.41) is 18.3. The van der Waals surface area contributed by atoms with E-state index in [1.165, 1.54) is 0 Å². The molecule has 0 amide bonds. The maximum Gasteiger partial charge on any atom is 0.205 e. The summed E-state index contributed by atoms with van der Waals surface area (Å²) < 4.78 is 14.9. The van der Waals surface area contributed by atoms with Crippen LogP contribution in [0.5, 0.6) is 0 Å². The third kappa shape index (κ3) is 2.95. The van der Waals surface area contributed by atoms with Gasteiger partial charge in [-0.1, -0.05) is 18.2 Å². The fourth-order valence-electron chi connectivity index (χ4n) is 5.55. The Morgan fingerprint density at radius 2 is 2.00 bits per heavy atom. The molecule has 1 aromatic rings. The van der Waals surface area contributed by atoms with Gasteiger partial charge in [-0.25, -0.2) is 4.98 Å². The number of aromatic nitrogens is 2. The van der Waals surface area contributed by atoms with Gasteiger partial charge in [0.15, 0.2) is 11.9 Å². The van der Waals surface area contributed by atoms with Crippen molar-refractivity contribution >= 4 is 36.0 Å². The molecular formula is C25H25ClN6O3. The lowest BCUT2D eigenvalue weighted by atomic mass is 9.95. The van der Waals surface area contributed by atoms with Crippen LogP contribution in [0.3, 0.4) is 0 Å². The summed E-state index contributed by atoms with van der Waals surface area (Å²) >= 11 is 6.87. The van der Waals surface area contributed by atoms with Crippen LogP contribution in [-0.4, -0.2) is 62.5 Å². The lowest BCUT2D eigenvalue weighted by Gasteiger charge is -2.39. The van der Waals surface area contributed by atoms with Crippen molar-refractivity contribution in [1.29, 1.82) is 0 Å². The van der Waals surface area contributed by atoms with Gasteiger partial charge < -0.3 is 34.7 Å². The maximum atomic E-state index is 10.3. The van der Waals surface area contributed by atoms with E-state index in [4.69, 9.17) is 26.1 Å². The summed E-state index contributed by atoms with van der Waals surface area (Å²) in [7, 11) is 0. The number of hydrogen-bond donors (Lipinski definition) is 3. The van der Waals surface area contributed by atoms with E-state index < -0.39 is 12.5 Å². The van der Waals surface area contributed by atoms with Crippen LogP contribution in [0.25, 0.3) is 18.7 Å². The fourth-order valence-corrected chi connectivity index (χ4v) is 5.85. The first-order chi connectivity index (χ1) is 16.9. The molecule has 1 aromatic heterocycles. The lowest BCUT2D eigenvalue weighted by molar-refractivity contribution is 0.0353. The zero-order valence-electron chi connectivity index (χ0n) is 19.3. The molecule has 2 fully saturated rings. The minimum atomic E-state index is -0.753. The molecule has 0 radical (unpaired) electrons. The SMILES string of the molecule is C=c1nc2c(n1CC)=CC1OC3=C(Cl)C4=NC5C=C6N[C@H](O)N(CC)C6=CC5OC4C=C3NC1=C2. The molecule has 10 heteroatoms. The van der Waals surface area contributed by atoms with Crippen molar-refractivity contribution in [2.45, 2.75) is 51.1 Å². The maximum absolute atomic E-state index is 10.3. The van der Waals surface area contributed by atoms with Crippen molar-refractivity contribution in [2.24, 2.45) is 4.99 Å². The van der Waals surface area contributed by atoms with E-state index in [0.29, 0.717) is 23.0 Å². The average molecular weight is 493 g/mol. The zero-order chi connectivity index (χ0) is 24.0. The van der Waals surface area contributed by atoms with Crippen molar-refractivity contribution in [3.63, 3.8) is 0 Å². The number of fused-ring (bicyclic) bond motifs is 6. The van der Waals surface area contributed by atoms with E-state index in [0.717, 1.165) is 45.9 Å². The molecule has 9 nitrogen and oxygen atoms in total. The van der Waals surface area contributed by atoms with E-state index in [-0.39, 0.29) is 18.2 Å². The predicted molar refractivity (Wildman–Crippen MR) is 132 cm³/mol. The molecule has 4 unspecified atom stereocenters. The van der Waals surface area contributed by atoms with Crippen LogP contribution in [0.15, 0.2) is 56.8 Å². The minimum Gasteiger partial charge on any atom is -0.476 e. The highest BCUT2D eigenvalue weighted by atomic mass is 35.5. The summed E-state index contributed by atoms with van der Waals surface area (Å²) in [5.74, 6) is 0.564. The molecule has 3 aliphatic carbocycles. The molecule has 0 spiro atoms. The van der Waals surface area contributed by atoms with E-state index in [1.54, 1.807) is 0 Å². The summed E-state index contributed by atoms with van der Waals surface area (Å²) in [6.07, 6.45) is 8.30. The number of aliphatic hydroxyl groups is 1. The summed E-state index contributed by atoms with van der Waals surface area (Å²) in [6, 6.07) is -0.244. The van der Waals surface area contributed by atoms with Crippen molar-refractivity contribution in [2.75, 3.05) is 6.54 Å². The van der Waals surface area contributed by atoms with Crippen molar-refractivity contribution in [3.8, 4) is 0 Å². The van der Waals surface area contributed by atoms with E-state index in [1.807, 2.05) is 42.2 Å². The molecule has 0 aromatic carbocycles. The Kier molecular flexibility index (Phi) is 4.43. The molecule has 4 heterocycles. The van der Waals surface area contributed by atoms with Gasteiger partial charge in [0.05, 0.1) is 39.5 Å². The molecule has 180 valence electrons. The lowest BCUT2D eigenvalue weighted by Crippen LogP contribution is -2.46. The third-order valence-corrected chi connectivity index (χ3v) is 7.58. The average Bonchev–Trinajstić information content (AvgIpc) is 3.32. The van der Waals surface area contributed by atoms with Gasteiger partial charge in [-0.2, -0.15) is 0 Å². The molecule has 0 saturated carbocycles. The van der Waals surface area contributed by atoms with E-state index in [9.17, 15) is 5.11 Å². The van der Waals surface area contributed by atoms with Gasteiger partial charge in [0.1, 0.15) is 28.8 Å². The molecule has 3 aliphatic heterocycles. The number of halogens is 1. The van der Waals surface area contributed by atoms with Gasteiger partial charge in [-0.05, 0) is 44.2 Å². The van der Waals surface area contributed by atoms with Crippen LogP contribution in [0.4, 0.5) is 0 Å². The second-order valence-corrected chi connectivity index (χ2v) is 9.54. The second kappa shape index (κ2) is 7.36. The number of nitrogens with zero attached hydrogens (tertiary/aromatic N) is 4. The number of aliphatic hydroxyl groups excluding tert-OH is 1. The summed E-state index contributed by atoms with van der Waals surface area (Å²) in [5.41, 5.74) is 5.69. The molecule has 3 N–H and O–H groups in total. The Labute approximate surface area is 206 Å². The van der Waals surface area contributed by atoms with Gasteiger partial charge in [-0.15, -0.1) is 0 Å². The highest BCUT2D eigenvalue weighted by molar-refractivity contribution is 6.45. The molecule has 6 aliphatic rings. The van der Waals surface area contributed by atoms with Crippen molar-refractivity contribution in [1.82, 2.24) is 25.1 Å². The molecule has 5 atom stereocenters. The van der Waals surface area contributed by atoms with Crippen LogP contribution in [0, 0.1) is 0 Å². The number of morpholine rings is 1. The normalized spacial score (nSPS) is 31.8. The molecule has 0 bridgehead atoms. The topological polar surface area (TPSA) is 96.2 Å². The van der Waals surface area contributed by atoms with Gasteiger partial charge in [0.2, 0.25) is 6.35 Å². The number of ether oxygens (including phenoxy) is 2. The van der Waals surface area contributed by atoms with Crippen LogP contribution < -0.4 is 21.5 Å². The number of likely N-dealkylation sites (N-methyl/N-ethyl adjacent to an activating group) is 1. The quantitative estimate of drug-likeness (QED) is 0.548. The first-order valence-corrected chi connectivity index (χ1v) is 12.3. The summed E-state index contributed by atoms with van der Waals surface area (Å²) in [6.45, 7) is 9.58.